The third-order valence-corrected chi connectivity index (χ3v) is 3.72. The third kappa shape index (κ3) is 1.76. The van der Waals surface area contributed by atoms with Crippen LogP contribution in [0.15, 0.2) is 18.2 Å². The van der Waals surface area contributed by atoms with Crippen LogP contribution in [0, 0.1) is 6.92 Å². The molecule has 0 amide bonds. The minimum Gasteiger partial charge on any atom is -0.508 e. The minimum absolute atomic E-state index is 0.0200. The van der Waals surface area contributed by atoms with Gasteiger partial charge in [-0.1, -0.05) is 0 Å². The quantitative estimate of drug-likeness (QED) is 0.675. The number of benzene rings is 2. The summed E-state index contributed by atoms with van der Waals surface area (Å²) in [5.74, 6) is -0.138. The fourth-order valence-corrected chi connectivity index (χ4v) is 2.90. The molecular weight excluding hydrogens is 244 g/mol. The molecule has 0 saturated heterocycles. The first kappa shape index (κ1) is 12.0. The minimum atomic E-state index is -0.656. The van der Waals surface area contributed by atoms with Gasteiger partial charge in [-0.25, -0.2) is 0 Å². The number of Topliss-reactive ketones (excluding diaryl/α,β-unsaturated/α-hetero) is 1. The molecular formula is C15H14O4. The second-order valence-corrected chi connectivity index (χ2v) is 5.08. The zero-order valence-electron chi connectivity index (χ0n) is 10.5. The third-order valence-electron chi connectivity index (χ3n) is 3.72. The topological polar surface area (TPSA) is 77.8 Å². The van der Waals surface area contributed by atoms with E-state index in [2.05, 4.69) is 0 Å². The van der Waals surface area contributed by atoms with Crippen LogP contribution in [0.4, 0.5) is 0 Å². The molecule has 0 aliphatic heterocycles. The van der Waals surface area contributed by atoms with E-state index in [0.29, 0.717) is 22.8 Å². The molecule has 1 aliphatic rings. The van der Waals surface area contributed by atoms with Crippen molar-refractivity contribution < 1.29 is 20.1 Å². The lowest BCUT2D eigenvalue weighted by molar-refractivity contribution is 0.0853. The molecule has 0 fully saturated rings. The van der Waals surface area contributed by atoms with Crippen molar-refractivity contribution >= 4 is 16.6 Å². The predicted octanol–water partition coefficient (Wildman–Crippen LogP) is 2.05. The van der Waals surface area contributed by atoms with Crippen LogP contribution in [-0.2, 0) is 6.42 Å². The molecule has 0 heterocycles. The van der Waals surface area contributed by atoms with Gasteiger partial charge in [-0.2, -0.15) is 0 Å². The highest BCUT2D eigenvalue weighted by Gasteiger charge is 2.26. The highest BCUT2D eigenvalue weighted by Crippen LogP contribution is 2.37. The van der Waals surface area contributed by atoms with Crippen LogP contribution in [0.5, 0.6) is 11.5 Å². The smallest absolute Gasteiger partial charge is 0.166 e. The van der Waals surface area contributed by atoms with Gasteiger partial charge in [-0.05, 0) is 42.0 Å². The number of hydrogen-bond donors (Lipinski definition) is 3. The van der Waals surface area contributed by atoms with E-state index >= 15 is 0 Å². The van der Waals surface area contributed by atoms with Crippen molar-refractivity contribution in [1.82, 2.24) is 0 Å². The normalized spacial score (nSPS) is 18.6. The first-order valence-corrected chi connectivity index (χ1v) is 6.17. The average molecular weight is 258 g/mol. The molecule has 4 heteroatoms. The van der Waals surface area contributed by atoms with E-state index in [9.17, 15) is 20.1 Å². The van der Waals surface area contributed by atoms with Gasteiger partial charge in [0.25, 0.3) is 0 Å². The Balaban J connectivity index is 2.40. The number of ketones is 1. The van der Waals surface area contributed by atoms with Crippen molar-refractivity contribution in [2.75, 3.05) is 0 Å². The molecule has 1 atom stereocenters. The molecule has 0 spiro atoms. The standard InChI is InChI=1S/C15H14O4/c1-7-11-4-10(17)5-13(18)12(11)3-8-2-9(16)6-14(19)15(7)8/h3-5,9,16-18H,2,6H2,1H3. The van der Waals surface area contributed by atoms with Crippen LogP contribution >= 0.6 is 0 Å². The van der Waals surface area contributed by atoms with Gasteiger partial charge in [0.15, 0.2) is 5.78 Å². The van der Waals surface area contributed by atoms with Crippen molar-refractivity contribution in [2.24, 2.45) is 0 Å². The zero-order chi connectivity index (χ0) is 13.7. The molecule has 3 N–H and O–H groups in total. The second kappa shape index (κ2) is 3.96. The number of aryl methyl sites for hydroxylation is 1. The molecule has 3 rings (SSSR count). The lowest BCUT2D eigenvalue weighted by atomic mass is 9.83. The van der Waals surface area contributed by atoms with Crippen LogP contribution < -0.4 is 0 Å². The maximum absolute atomic E-state index is 12.0. The summed E-state index contributed by atoms with van der Waals surface area (Å²) < 4.78 is 0. The van der Waals surface area contributed by atoms with Crippen LogP contribution in [-0.4, -0.2) is 27.2 Å². The molecule has 2 aromatic rings. The Morgan fingerprint density at radius 3 is 2.58 bits per heavy atom. The van der Waals surface area contributed by atoms with Crippen molar-refractivity contribution in [3.8, 4) is 11.5 Å². The van der Waals surface area contributed by atoms with E-state index in [-0.39, 0.29) is 23.7 Å². The van der Waals surface area contributed by atoms with Gasteiger partial charge in [0.05, 0.1) is 6.10 Å². The fourth-order valence-electron chi connectivity index (χ4n) is 2.90. The molecule has 0 aromatic heterocycles. The van der Waals surface area contributed by atoms with Crippen LogP contribution in [0.1, 0.15) is 27.9 Å². The molecule has 19 heavy (non-hydrogen) atoms. The Hall–Kier alpha value is -2.07. The summed E-state index contributed by atoms with van der Waals surface area (Å²) in [5, 5.41) is 30.4. The molecule has 0 bridgehead atoms. The molecule has 1 aliphatic carbocycles. The number of fused-ring (bicyclic) bond motifs is 2. The van der Waals surface area contributed by atoms with E-state index in [0.717, 1.165) is 11.1 Å². The average Bonchev–Trinajstić information content (AvgIpc) is 2.30. The summed E-state index contributed by atoms with van der Waals surface area (Å²) in [6.45, 7) is 1.80. The van der Waals surface area contributed by atoms with Crippen molar-refractivity contribution in [3.05, 3.63) is 34.9 Å². The maximum Gasteiger partial charge on any atom is 0.166 e. The Morgan fingerprint density at radius 2 is 1.84 bits per heavy atom. The predicted molar refractivity (Wildman–Crippen MR) is 70.7 cm³/mol. The maximum atomic E-state index is 12.0. The second-order valence-electron chi connectivity index (χ2n) is 5.08. The summed E-state index contributed by atoms with van der Waals surface area (Å²) in [4.78, 5) is 12.0. The summed E-state index contributed by atoms with van der Waals surface area (Å²) in [6, 6.07) is 4.55. The van der Waals surface area contributed by atoms with Gasteiger partial charge in [-0.3, -0.25) is 4.79 Å². The van der Waals surface area contributed by atoms with E-state index in [1.54, 1.807) is 19.1 Å². The Kier molecular flexibility index (Phi) is 2.50. The number of hydrogen-bond acceptors (Lipinski definition) is 4. The number of aromatic hydroxyl groups is 2. The molecule has 1 unspecified atom stereocenters. The Labute approximate surface area is 109 Å². The summed E-state index contributed by atoms with van der Waals surface area (Å²) in [5.41, 5.74) is 2.12. The van der Waals surface area contributed by atoms with Crippen LogP contribution in [0.2, 0.25) is 0 Å². The van der Waals surface area contributed by atoms with Gasteiger partial charge >= 0.3 is 0 Å². The van der Waals surface area contributed by atoms with Gasteiger partial charge in [-0.15, -0.1) is 0 Å². The highest BCUT2D eigenvalue weighted by atomic mass is 16.3. The molecule has 4 nitrogen and oxygen atoms in total. The SMILES string of the molecule is Cc1c2c(cc3c(O)cc(O)cc13)CC(O)CC2=O. The van der Waals surface area contributed by atoms with Crippen molar-refractivity contribution in [2.45, 2.75) is 25.9 Å². The fraction of sp³-hybridized carbons (Fsp3) is 0.267. The van der Waals surface area contributed by atoms with Crippen molar-refractivity contribution in [1.29, 1.82) is 0 Å². The number of rotatable bonds is 0. The van der Waals surface area contributed by atoms with Gasteiger partial charge < -0.3 is 15.3 Å². The first-order chi connectivity index (χ1) is 8.97. The zero-order valence-corrected chi connectivity index (χ0v) is 10.5. The molecule has 98 valence electrons. The number of phenols is 2. The number of carbonyl (C=O) groups excluding carboxylic acids is 1. The molecule has 0 radical (unpaired) electrons. The van der Waals surface area contributed by atoms with Gasteiger partial charge in [0.1, 0.15) is 11.5 Å². The van der Waals surface area contributed by atoms with Crippen LogP contribution in [0.3, 0.4) is 0 Å². The first-order valence-electron chi connectivity index (χ1n) is 6.17. The summed E-state index contributed by atoms with van der Waals surface area (Å²) in [7, 11) is 0. The Bertz CT molecular complexity index is 703. The van der Waals surface area contributed by atoms with Gasteiger partial charge in [0, 0.05) is 23.4 Å². The highest BCUT2D eigenvalue weighted by molar-refractivity contribution is 6.06. The van der Waals surface area contributed by atoms with E-state index < -0.39 is 6.10 Å². The van der Waals surface area contributed by atoms with E-state index in [4.69, 9.17) is 0 Å². The van der Waals surface area contributed by atoms with Crippen molar-refractivity contribution in [3.63, 3.8) is 0 Å². The van der Waals surface area contributed by atoms with Crippen LogP contribution in [0.25, 0.3) is 10.8 Å². The van der Waals surface area contributed by atoms with E-state index in [1.165, 1.54) is 6.07 Å². The number of phenolic OH excluding ortho intramolecular Hbond substituents is 2. The van der Waals surface area contributed by atoms with Gasteiger partial charge in [0.2, 0.25) is 0 Å². The number of aliphatic hydroxyl groups excluding tert-OH is 1. The Morgan fingerprint density at radius 1 is 1.11 bits per heavy atom. The monoisotopic (exact) mass is 258 g/mol. The number of aliphatic hydroxyl groups is 1. The lowest BCUT2D eigenvalue weighted by Crippen LogP contribution is -2.25. The summed E-state index contributed by atoms with van der Waals surface area (Å²) >= 11 is 0. The summed E-state index contributed by atoms with van der Waals surface area (Å²) in [6.07, 6.45) is -0.112. The lowest BCUT2D eigenvalue weighted by Gasteiger charge is -2.22. The molecule has 0 saturated carbocycles. The molecule has 2 aromatic carbocycles. The largest absolute Gasteiger partial charge is 0.508 e. The number of carbonyl (C=O) groups is 1. The van der Waals surface area contributed by atoms with E-state index in [1.807, 2.05) is 0 Å².